The van der Waals surface area contributed by atoms with Gasteiger partial charge in [-0.25, -0.2) is 0 Å². The Hall–Kier alpha value is -0.570. The van der Waals surface area contributed by atoms with E-state index < -0.39 is 0 Å². The number of amides is 1. The molecule has 0 aromatic carbocycles. The van der Waals surface area contributed by atoms with Crippen molar-refractivity contribution in [3.05, 3.63) is 0 Å². The van der Waals surface area contributed by atoms with Gasteiger partial charge < -0.3 is 5.32 Å². The van der Waals surface area contributed by atoms with Crippen LogP contribution in [0.3, 0.4) is 0 Å². The fourth-order valence-electron chi connectivity index (χ4n) is 1.57. The third-order valence-corrected chi connectivity index (χ3v) is 3.27. The molecule has 76 valence electrons. The Balaban J connectivity index is 2.87. The molecule has 2 unspecified atom stereocenters. The molecule has 1 aliphatic heterocycles. The van der Waals surface area contributed by atoms with Gasteiger partial charge in [-0.1, -0.05) is 20.8 Å². The van der Waals surface area contributed by atoms with Gasteiger partial charge in [0.15, 0.2) is 0 Å². The maximum atomic E-state index is 11.7. The van der Waals surface area contributed by atoms with Gasteiger partial charge in [-0.3, -0.25) is 10.1 Å². The first-order chi connectivity index (χ1) is 5.84. The third kappa shape index (κ3) is 1.57. The zero-order valence-electron chi connectivity index (χ0n) is 9.19. The van der Waals surface area contributed by atoms with Gasteiger partial charge in [-0.2, -0.15) is 0 Å². The normalized spacial score (nSPS) is 39.7. The van der Waals surface area contributed by atoms with Crippen LogP contribution in [-0.2, 0) is 4.79 Å². The summed E-state index contributed by atoms with van der Waals surface area (Å²) in [6.07, 6.45) is 0.821. The smallest absolute Gasteiger partial charge is 0.241 e. The highest BCUT2D eigenvalue weighted by atomic mass is 16.2. The van der Waals surface area contributed by atoms with E-state index in [9.17, 15) is 4.79 Å². The van der Waals surface area contributed by atoms with Crippen molar-refractivity contribution >= 4 is 5.91 Å². The minimum atomic E-state index is -0.390. The molecule has 3 nitrogen and oxygen atoms in total. The highest BCUT2D eigenvalue weighted by Gasteiger charge is 2.48. The summed E-state index contributed by atoms with van der Waals surface area (Å²) < 4.78 is 0. The van der Waals surface area contributed by atoms with E-state index >= 15 is 0 Å². The number of hydrogen-bond acceptors (Lipinski definition) is 2. The molecule has 1 rings (SSSR count). The van der Waals surface area contributed by atoms with E-state index in [-0.39, 0.29) is 17.1 Å². The van der Waals surface area contributed by atoms with Gasteiger partial charge in [-0.05, 0) is 26.2 Å². The van der Waals surface area contributed by atoms with Gasteiger partial charge in [0, 0.05) is 0 Å². The standard InChI is InChI=1S/C10H20N2O/c1-6-9(4)8(13)11-10(5,12-9)7(2)3/h7,12H,6H2,1-5H3,(H,11,13). The van der Waals surface area contributed by atoms with Crippen LogP contribution in [0.1, 0.15) is 41.0 Å². The van der Waals surface area contributed by atoms with E-state index in [1.807, 2.05) is 20.8 Å². The summed E-state index contributed by atoms with van der Waals surface area (Å²) in [5.74, 6) is 0.510. The maximum absolute atomic E-state index is 11.7. The van der Waals surface area contributed by atoms with Crippen molar-refractivity contribution in [2.75, 3.05) is 0 Å². The molecule has 0 aromatic rings. The molecule has 1 fully saturated rings. The average Bonchev–Trinajstić information content (AvgIpc) is 2.25. The zero-order valence-corrected chi connectivity index (χ0v) is 9.19. The van der Waals surface area contributed by atoms with Crippen molar-refractivity contribution in [2.45, 2.75) is 52.2 Å². The lowest BCUT2D eigenvalue weighted by molar-refractivity contribution is -0.124. The maximum Gasteiger partial charge on any atom is 0.241 e. The minimum Gasteiger partial charge on any atom is -0.336 e. The molecule has 13 heavy (non-hydrogen) atoms. The molecule has 1 aliphatic rings. The van der Waals surface area contributed by atoms with Crippen LogP contribution >= 0.6 is 0 Å². The highest BCUT2D eigenvalue weighted by molar-refractivity contribution is 5.88. The van der Waals surface area contributed by atoms with E-state index in [2.05, 4.69) is 24.5 Å². The van der Waals surface area contributed by atoms with Crippen molar-refractivity contribution < 1.29 is 4.79 Å². The lowest BCUT2D eigenvalue weighted by atomic mass is 9.96. The SMILES string of the molecule is CCC1(C)NC(C)(C(C)C)NC1=O. The summed E-state index contributed by atoms with van der Waals surface area (Å²) in [4.78, 5) is 11.7. The van der Waals surface area contributed by atoms with Crippen LogP contribution in [0.15, 0.2) is 0 Å². The van der Waals surface area contributed by atoms with Crippen molar-refractivity contribution in [2.24, 2.45) is 5.92 Å². The van der Waals surface area contributed by atoms with Crippen LogP contribution in [0.2, 0.25) is 0 Å². The Kier molecular flexibility index (Phi) is 2.41. The van der Waals surface area contributed by atoms with Crippen molar-refractivity contribution in [3.63, 3.8) is 0 Å². The number of rotatable bonds is 2. The Morgan fingerprint density at radius 1 is 1.38 bits per heavy atom. The molecular weight excluding hydrogens is 164 g/mol. The van der Waals surface area contributed by atoms with Crippen LogP contribution in [0, 0.1) is 5.92 Å². The molecule has 2 N–H and O–H groups in total. The van der Waals surface area contributed by atoms with Crippen LogP contribution < -0.4 is 10.6 Å². The molecule has 1 saturated heterocycles. The van der Waals surface area contributed by atoms with E-state index in [0.29, 0.717) is 5.92 Å². The largest absolute Gasteiger partial charge is 0.336 e. The number of carbonyl (C=O) groups is 1. The summed E-state index contributed by atoms with van der Waals surface area (Å²) in [7, 11) is 0. The van der Waals surface area contributed by atoms with Crippen molar-refractivity contribution in [3.8, 4) is 0 Å². The molecule has 0 aromatic heterocycles. The van der Waals surface area contributed by atoms with Crippen molar-refractivity contribution in [1.29, 1.82) is 0 Å². The monoisotopic (exact) mass is 184 g/mol. The summed E-state index contributed by atoms with van der Waals surface area (Å²) in [6, 6.07) is 0. The lowest BCUT2D eigenvalue weighted by Crippen LogP contribution is -2.54. The van der Waals surface area contributed by atoms with Gasteiger partial charge in [0.2, 0.25) is 5.91 Å². The molecule has 0 radical (unpaired) electrons. The molecule has 3 heteroatoms. The van der Waals surface area contributed by atoms with Gasteiger partial charge >= 0.3 is 0 Å². The molecule has 1 amide bonds. The third-order valence-electron chi connectivity index (χ3n) is 3.27. The minimum absolute atomic E-state index is 0.117. The average molecular weight is 184 g/mol. The molecular formula is C10H20N2O. The molecule has 2 atom stereocenters. The van der Waals surface area contributed by atoms with Gasteiger partial charge in [0.1, 0.15) is 0 Å². The zero-order chi connectivity index (χ0) is 10.3. The van der Waals surface area contributed by atoms with Gasteiger partial charge in [0.25, 0.3) is 0 Å². The Bertz CT molecular complexity index is 227. The molecule has 0 aliphatic carbocycles. The Morgan fingerprint density at radius 2 is 1.92 bits per heavy atom. The van der Waals surface area contributed by atoms with E-state index in [0.717, 1.165) is 6.42 Å². The van der Waals surface area contributed by atoms with E-state index in [4.69, 9.17) is 0 Å². The second kappa shape index (κ2) is 2.98. The summed E-state index contributed by atoms with van der Waals surface area (Å²) in [5, 5.41) is 6.40. The fraction of sp³-hybridized carbons (Fsp3) is 0.900. The second-order valence-electron chi connectivity index (χ2n) is 4.62. The second-order valence-corrected chi connectivity index (χ2v) is 4.62. The van der Waals surface area contributed by atoms with E-state index in [1.54, 1.807) is 0 Å². The first-order valence-electron chi connectivity index (χ1n) is 4.96. The summed E-state index contributed by atoms with van der Waals surface area (Å²) >= 11 is 0. The fourth-order valence-corrected chi connectivity index (χ4v) is 1.57. The highest BCUT2D eigenvalue weighted by Crippen LogP contribution is 2.26. The van der Waals surface area contributed by atoms with Gasteiger partial charge in [-0.15, -0.1) is 0 Å². The van der Waals surface area contributed by atoms with Crippen LogP contribution in [0.5, 0.6) is 0 Å². The number of hydrogen-bond donors (Lipinski definition) is 2. The predicted octanol–water partition coefficient (Wildman–Crippen LogP) is 1.25. The van der Waals surface area contributed by atoms with E-state index in [1.165, 1.54) is 0 Å². The number of nitrogens with one attached hydrogen (secondary N) is 2. The topological polar surface area (TPSA) is 41.1 Å². The first-order valence-corrected chi connectivity index (χ1v) is 4.96. The predicted molar refractivity (Wildman–Crippen MR) is 53.2 cm³/mol. The molecule has 0 bridgehead atoms. The van der Waals surface area contributed by atoms with Crippen LogP contribution in [-0.4, -0.2) is 17.1 Å². The molecule has 1 heterocycles. The summed E-state index contributed by atoms with van der Waals surface area (Å²) in [5.41, 5.74) is -0.638. The lowest BCUT2D eigenvalue weighted by Gasteiger charge is -2.31. The van der Waals surface area contributed by atoms with Crippen LogP contribution in [0.25, 0.3) is 0 Å². The van der Waals surface area contributed by atoms with Gasteiger partial charge in [0.05, 0.1) is 11.2 Å². The Morgan fingerprint density at radius 3 is 2.15 bits per heavy atom. The first kappa shape index (κ1) is 10.5. The molecule has 0 saturated carbocycles. The molecule has 0 spiro atoms. The summed E-state index contributed by atoms with van der Waals surface area (Å²) in [6.45, 7) is 10.2. The quantitative estimate of drug-likeness (QED) is 0.678. The Labute approximate surface area is 80.3 Å². The number of carbonyl (C=O) groups excluding carboxylic acids is 1. The van der Waals surface area contributed by atoms with Crippen molar-refractivity contribution in [1.82, 2.24) is 10.6 Å². The van der Waals surface area contributed by atoms with Crippen LogP contribution in [0.4, 0.5) is 0 Å².